The van der Waals surface area contributed by atoms with E-state index in [0.29, 0.717) is 40.4 Å². The maximum Gasteiger partial charge on any atom is 0.204 e. The summed E-state index contributed by atoms with van der Waals surface area (Å²) in [6.07, 6.45) is 2.08. The number of hydrogen-bond acceptors (Lipinski definition) is 6. The van der Waals surface area contributed by atoms with Crippen molar-refractivity contribution < 1.29 is 5.11 Å². The lowest BCUT2D eigenvalue weighted by Crippen LogP contribution is -2.35. The summed E-state index contributed by atoms with van der Waals surface area (Å²) >= 11 is 0. The molecular weight excluding hydrogens is 304 g/mol. The molecule has 0 aliphatic carbocycles. The maximum atomic E-state index is 12.3. The highest BCUT2D eigenvalue weighted by atomic mass is 16.3. The molecule has 1 aliphatic heterocycles. The first-order chi connectivity index (χ1) is 11.7. The number of anilines is 1. The summed E-state index contributed by atoms with van der Waals surface area (Å²) in [7, 11) is 0. The molecule has 0 amide bonds. The topological polar surface area (TPSA) is 99.0 Å². The van der Waals surface area contributed by atoms with Crippen LogP contribution in [0.4, 0.5) is 5.69 Å². The van der Waals surface area contributed by atoms with E-state index in [-0.39, 0.29) is 16.5 Å². The summed E-state index contributed by atoms with van der Waals surface area (Å²) in [6.45, 7) is 0.563. The van der Waals surface area contributed by atoms with E-state index in [1.807, 2.05) is 12.1 Å². The first-order valence-electron chi connectivity index (χ1n) is 7.68. The fourth-order valence-electron chi connectivity index (χ4n) is 3.57. The fraction of sp³-hybridized carbons (Fsp3) is 0.111. The molecule has 2 aromatic heterocycles. The van der Waals surface area contributed by atoms with Crippen LogP contribution in [0, 0.1) is 5.41 Å². The summed E-state index contributed by atoms with van der Waals surface area (Å²) in [5, 5.41) is 25.0. The van der Waals surface area contributed by atoms with Crippen LogP contribution in [0.1, 0.15) is 6.42 Å². The highest BCUT2D eigenvalue weighted by Crippen LogP contribution is 2.31. The second-order valence-electron chi connectivity index (χ2n) is 5.94. The Hall–Kier alpha value is -3.28. The molecule has 0 bridgehead atoms. The lowest BCUT2D eigenvalue weighted by Gasteiger charge is -2.18. The number of aliphatic hydroxyl groups is 1. The molecule has 6 heteroatoms. The van der Waals surface area contributed by atoms with E-state index in [9.17, 15) is 9.90 Å². The van der Waals surface area contributed by atoms with Gasteiger partial charge < -0.3 is 10.4 Å². The molecule has 0 saturated heterocycles. The zero-order valence-corrected chi connectivity index (χ0v) is 12.6. The van der Waals surface area contributed by atoms with E-state index in [1.165, 1.54) is 6.07 Å². The van der Waals surface area contributed by atoms with Gasteiger partial charge in [-0.1, -0.05) is 12.1 Å². The third kappa shape index (κ3) is 1.49. The molecule has 0 unspecified atom stereocenters. The Kier molecular flexibility index (Phi) is 2.41. The van der Waals surface area contributed by atoms with Crippen LogP contribution in [0.25, 0.3) is 38.5 Å². The van der Waals surface area contributed by atoms with Crippen LogP contribution in [0.5, 0.6) is 0 Å². The number of benzene rings is 2. The van der Waals surface area contributed by atoms with Gasteiger partial charge in [0.25, 0.3) is 0 Å². The van der Waals surface area contributed by atoms with E-state index in [0.717, 1.165) is 16.2 Å². The zero-order valence-electron chi connectivity index (χ0n) is 12.6. The maximum absolute atomic E-state index is 12.3. The minimum Gasteiger partial charge on any atom is -0.511 e. The fourth-order valence-corrected chi connectivity index (χ4v) is 3.57. The number of nitrogens with zero attached hydrogens (tertiary/aromatic N) is 2. The average molecular weight is 316 g/mol. The third-order valence-electron chi connectivity index (χ3n) is 4.63. The predicted octanol–water partition coefficient (Wildman–Crippen LogP) is 1.41. The smallest absolute Gasteiger partial charge is 0.204 e. The van der Waals surface area contributed by atoms with E-state index < -0.39 is 0 Å². The lowest BCUT2D eigenvalue weighted by atomic mass is 9.99. The quantitative estimate of drug-likeness (QED) is 0.336. The summed E-state index contributed by atoms with van der Waals surface area (Å²) < 4.78 is 0. The number of rotatable bonds is 0. The molecule has 0 atom stereocenters. The van der Waals surface area contributed by atoms with Gasteiger partial charge in [-0.15, -0.1) is 0 Å². The van der Waals surface area contributed by atoms with Crippen LogP contribution in [-0.4, -0.2) is 21.6 Å². The largest absolute Gasteiger partial charge is 0.511 e. The van der Waals surface area contributed by atoms with Crippen molar-refractivity contribution in [2.45, 2.75) is 6.42 Å². The standard InChI is InChI=1S/C18H12N4O2/c19-14-13-10(23)5-7-21-17(13)18-12-8(4-6-20-16(12)14)9-2-1-3-11(24)15(9)22-18/h1-4,6,19,21,23H,5,7H2. The molecule has 5 rings (SSSR count). The van der Waals surface area contributed by atoms with Crippen LogP contribution >= 0.6 is 0 Å². The van der Waals surface area contributed by atoms with E-state index in [4.69, 9.17) is 5.41 Å². The lowest BCUT2D eigenvalue weighted by molar-refractivity contribution is 0.478. The number of aliphatic hydroxyl groups excluding tert-OH is 1. The average Bonchev–Trinajstić information content (AvgIpc) is 2.59. The molecule has 0 fully saturated rings. The van der Waals surface area contributed by atoms with Crippen molar-refractivity contribution in [3.63, 3.8) is 0 Å². The molecule has 0 spiro atoms. The van der Waals surface area contributed by atoms with Gasteiger partial charge in [0.15, 0.2) is 0 Å². The summed E-state index contributed by atoms with van der Waals surface area (Å²) in [6, 6.07) is 6.91. The van der Waals surface area contributed by atoms with Crippen molar-refractivity contribution in [2.75, 3.05) is 11.9 Å². The number of para-hydroxylation sites is 1. The van der Waals surface area contributed by atoms with E-state index in [2.05, 4.69) is 15.3 Å². The molecule has 2 aromatic carbocycles. The minimum absolute atomic E-state index is 0.143. The van der Waals surface area contributed by atoms with Crippen LogP contribution in [0.15, 0.2) is 35.3 Å². The van der Waals surface area contributed by atoms with Crippen molar-refractivity contribution >= 4 is 44.2 Å². The van der Waals surface area contributed by atoms with Crippen molar-refractivity contribution in [3.8, 4) is 0 Å². The number of fused-ring (bicyclic) bond motifs is 4. The van der Waals surface area contributed by atoms with Crippen molar-refractivity contribution in [3.05, 3.63) is 51.3 Å². The molecule has 3 N–H and O–H groups in total. The van der Waals surface area contributed by atoms with Gasteiger partial charge in [-0.2, -0.15) is 0 Å². The summed E-state index contributed by atoms with van der Waals surface area (Å²) in [5.74, 6) is 0.163. The molecule has 6 nitrogen and oxygen atoms in total. The number of aromatic nitrogens is 2. The Morgan fingerprint density at radius 3 is 2.88 bits per heavy atom. The number of nitrogens with one attached hydrogen (secondary N) is 2. The Morgan fingerprint density at radius 1 is 1.12 bits per heavy atom. The van der Waals surface area contributed by atoms with Crippen LogP contribution in [0.2, 0.25) is 0 Å². The Bertz CT molecular complexity index is 1330. The monoisotopic (exact) mass is 316 g/mol. The molecule has 4 aromatic rings. The normalized spacial score (nSPS) is 14.2. The molecule has 3 heterocycles. The molecule has 116 valence electrons. The zero-order chi connectivity index (χ0) is 16.4. The van der Waals surface area contributed by atoms with Gasteiger partial charge >= 0.3 is 0 Å². The Labute approximate surface area is 134 Å². The van der Waals surface area contributed by atoms with Gasteiger partial charge in [0.2, 0.25) is 5.43 Å². The van der Waals surface area contributed by atoms with Crippen LogP contribution < -0.4 is 21.3 Å². The molecular formula is C18H12N4O2. The van der Waals surface area contributed by atoms with Gasteiger partial charge in [0, 0.05) is 29.9 Å². The molecule has 0 radical (unpaired) electrons. The second-order valence-corrected chi connectivity index (χ2v) is 5.94. The second kappa shape index (κ2) is 4.38. The van der Waals surface area contributed by atoms with Gasteiger partial charge in [0.05, 0.1) is 27.3 Å². The van der Waals surface area contributed by atoms with Gasteiger partial charge in [0.1, 0.15) is 11.3 Å². The summed E-state index contributed by atoms with van der Waals surface area (Å²) in [4.78, 5) is 21.2. The summed E-state index contributed by atoms with van der Waals surface area (Å²) in [5.41, 5.74) is 1.93. The van der Waals surface area contributed by atoms with Crippen molar-refractivity contribution in [1.82, 2.24) is 9.97 Å². The van der Waals surface area contributed by atoms with Crippen LogP contribution in [0.3, 0.4) is 0 Å². The third-order valence-corrected chi connectivity index (χ3v) is 4.63. The first-order valence-corrected chi connectivity index (χ1v) is 7.68. The minimum atomic E-state index is -0.143. The van der Waals surface area contributed by atoms with Gasteiger partial charge in [-0.3, -0.25) is 15.2 Å². The molecule has 24 heavy (non-hydrogen) atoms. The molecule has 0 saturated carbocycles. The predicted molar refractivity (Wildman–Crippen MR) is 92.2 cm³/mol. The van der Waals surface area contributed by atoms with Crippen molar-refractivity contribution in [2.24, 2.45) is 0 Å². The number of hydrogen-bond donors (Lipinski definition) is 3. The Morgan fingerprint density at radius 2 is 2.00 bits per heavy atom. The van der Waals surface area contributed by atoms with Gasteiger partial charge in [-0.25, -0.2) is 4.98 Å². The Balaban J connectivity index is 2.24. The first kappa shape index (κ1) is 13.2. The van der Waals surface area contributed by atoms with E-state index in [1.54, 1.807) is 12.3 Å². The SMILES string of the molecule is N=c1c2c(c3nc4c(=O)cccc4c4ccnc1c34)NCCC=2O. The molecule has 1 aliphatic rings. The highest BCUT2D eigenvalue weighted by Gasteiger charge is 2.20. The number of pyridine rings is 2. The highest BCUT2D eigenvalue weighted by molar-refractivity contribution is 6.20. The van der Waals surface area contributed by atoms with E-state index >= 15 is 0 Å². The van der Waals surface area contributed by atoms with Crippen molar-refractivity contribution in [1.29, 1.82) is 5.41 Å². The van der Waals surface area contributed by atoms with Crippen LogP contribution in [-0.2, 0) is 0 Å². The van der Waals surface area contributed by atoms with Gasteiger partial charge in [-0.05, 0) is 17.5 Å².